The lowest BCUT2D eigenvalue weighted by atomic mass is 10.0. The van der Waals surface area contributed by atoms with E-state index < -0.39 is 0 Å². The van der Waals surface area contributed by atoms with Crippen LogP contribution >= 0.6 is 11.6 Å². The third kappa shape index (κ3) is 7.83. The van der Waals surface area contributed by atoms with Crippen molar-refractivity contribution in [1.82, 2.24) is 4.90 Å². The van der Waals surface area contributed by atoms with Crippen molar-refractivity contribution in [3.63, 3.8) is 0 Å². The van der Waals surface area contributed by atoms with Crippen molar-refractivity contribution < 1.29 is 0 Å². The van der Waals surface area contributed by atoms with Crippen molar-refractivity contribution in [2.24, 2.45) is 0 Å². The van der Waals surface area contributed by atoms with Gasteiger partial charge in [-0.3, -0.25) is 0 Å². The Labute approximate surface area is 145 Å². The van der Waals surface area contributed by atoms with E-state index in [9.17, 15) is 0 Å². The first-order valence-corrected chi connectivity index (χ1v) is 8.15. The molecular formula is C21H26ClN. The summed E-state index contributed by atoms with van der Waals surface area (Å²) < 4.78 is 0. The molecule has 0 amide bonds. The fourth-order valence-electron chi connectivity index (χ4n) is 2.20. The van der Waals surface area contributed by atoms with Crippen molar-refractivity contribution >= 4 is 11.6 Å². The summed E-state index contributed by atoms with van der Waals surface area (Å²) in [6.45, 7) is 11.0. The normalized spacial score (nSPS) is 12.7. The first kappa shape index (κ1) is 19.2. The number of hydrogen-bond acceptors (Lipinski definition) is 1. The lowest BCUT2D eigenvalue weighted by Crippen LogP contribution is -2.26. The molecule has 0 radical (unpaired) electrons. The Morgan fingerprint density at radius 2 is 1.65 bits per heavy atom. The molecule has 23 heavy (non-hydrogen) atoms. The summed E-state index contributed by atoms with van der Waals surface area (Å²) in [6.07, 6.45) is 4.43. The van der Waals surface area contributed by atoms with E-state index in [0.717, 1.165) is 24.5 Å². The molecule has 1 heterocycles. The molecule has 0 atom stereocenters. The summed E-state index contributed by atoms with van der Waals surface area (Å²) in [6, 6.07) is 16.5. The van der Waals surface area contributed by atoms with Crippen molar-refractivity contribution in [3.05, 3.63) is 95.6 Å². The fourth-order valence-corrected chi connectivity index (χ4v) is 2.40. The Kier molecular flexibility index (Phi) is 9.04. The first-order valence-electron chi connectivity index (χ1n) is 7.77. The highest BCUT2D eigenvalue weighted by Crippen LogP contribution is 2.21. The van der Waals surface area contributed by atoms with E-state index in [4.69, 9.17) is 11.6 Å². The van der Waals surface area contributed by atoms with Crippen LogP contribution in [0.2, 0.25) is 5.02 Å². The Balaban J connectivity index is 0.000000204. The fraction of sp³-hybridized carbons (Fsp3) is 0.238. The lowest BCUT2D eigenvalue weighted by Gasteiger charge is -2.24. The van der Waals surface area contributed by atoms with Crippen LogP contribution in [0, 0.1) is 6.92 Å². The molecule has 1 aliphatic heterocycles. The molecule has 0 aromatic heterocycles. The van der Waals surface area contributed by atoms with Gasteiger partial charge < -0.3 is 4.90 Å². The predicted molar refractivity (Wildman–Crippen MR) is 103 cm³/mol. The number of hydrogen-bond donors (Lipinski definition) is 0. The van der Waals surface area contributed by atoms with Gasteiger partial charge in [0.05, 0.1) is 0 Å². The molecule has 0 aliphatic carbocycles. The van der Waals surface area contributed by atoms with Crippen molar-refractivity contribution in [2.75, 3.05) is 13.6 Å². The maximum absolute atomic E-state index is 5.91. The zero-order valence-electron chi connectivity index (χ0n) is 14.1. The zero-order chi connectivity index (χ0) is 17.1. The molecule has 3 rings (SSSR count). The second-order valence-corrected chi connectivity index (χ2v) is 5.96. The topological polar surface area (TPSA) is 3.24 Å². The van der Waals surface area contributed by atoms with Crippen LogP contribution < -0.4 is 0 Å². The molecule has 2 heteroatoms. The molecule has 1 nitrogen and oxygen atoms in total. The van der Waals surface area contributed by atoms with Crippen LogP contribution in [-0.2, 0) is 13.0 Å². The van der Waals surface area contributed by atoms with Gasteiger partial charge in [0, 0.05) is 18.1 Å². The van der Waals surface area contributed by atoms with E-state index in [0.29, 0.717) is 0 Å². The highest BCUT2D eigenvalue weighted by atomic mass is 35.5. The van der Waals surface area contributed by atoms with E-state index in [2.05, 4.69) is 56.3 Å². The van der Waals surface area contributed by atoms with Crippen LogP contribution in [0.1, 0.15) is 16.7 Å². The summed E-state index contributed by atoms with van der Waals surface area (Å²) in [5.41, 5.74) is 4.16. The quantitative estimate of drug-likeness (QED) is 0.609. The summed E-state index contributed by atoms with van der Waals surface area (Å²) in [5, 5.41) is 0.851. The van der Waals surface area contributed by atoms with Gasteiger partial charge in [0.15, 0.2) is 0 Å². The molecule has 0 N–H and O–H groups in total. The van der Waals surface area contributed by atoms with Gasteiger partial charge >= 0.3 is 0 Å². The molecule has 2 aromatic carbocycles. The highest BCUT2D eigenvalue weighted by Gasteiger charge is 2.12. The monoisotopic (exact) mass is 327 g/mol. The number of nitrogens with zero attached hydrogens (tertiary/aromatic N) is 1. The van der Waals surface area contributed by atoms with Gasteiger partial charge in [0.25, 0.3) is 0 Å². The minimum absolute atomic E-state index is 0.851. The number of benzene rings is 2. The largest absolute Gasteiger partial charge is 0.302 e. The van der Waals surface area contributed by atoms with Crippen LogP contribution in [0.3, 0.4) is 0 Å². The standard InChI is InChI=1S/C10H12ClN.C7H8.C4H6/c1-12-5-4-8-2-3-10(11)6-9(8)7-12;1-7-5-3-2-4-6-7;1-3-4-2/h2-3,6H,4-5,7H2,1H3;2-6H,1H3;3-4H,1-2H2. The second kappa shape index (κ2) is 10.8. The summed E-state index contributed by atoms with van der Waals surface area (Å²) in [5.74, 6) is 0. The van der Waals surface area contributed by atoms with Crippen LogP contribution in [-0.4, -0.2) is 18.5 Å². The Bertz CT molecular complexity index is 598. The first-order chi connectivity index (χ1) is 11.1. The molecule has 1 aliphatic rings. The van der Waals surface area contributed by atoms with Crippen molar-refractivity contribution in [3.8, 4) is 0 Å². The molecule has 0 bridgehead atoms. The summed E-state index contributed by atoms with van der Waals surface area (Å²) >= 11 is 5.91. The molecule has 0 fully saturated rings. The van der Waals surface area contributed by atoms with E-state index >= 15 is 0 Å². The Morgan fingerprint density at radius 3 is 2.17 bits per heavy atom. The predicted octanol–water partition coefficient (Wildman–Crippen LogP) is 5.68. The third-order valence-electron chi connectivity index (χ3n) is 3.48. The maximum Gasteiger partial charge on any atom is 0.0409 e. The average molecular weight is 328 g/mol. The molecule has 0 saturated heterocycles. The van der Waals surface area contributed by atoms with Gasteiger partial charge in [-0.15, -0.1) is 0 Å². The molecular weight excluding hydrogens is 302 g/mol. The van der Waals surface area contributed by atoms with Gasteiger partial charge in [-0.25, -0.2) is 0 Å². The zero-order valence-corrected chi connectivity index (χ0v) is 14.9. The summed E-state index contributed by atoms with van der Waals surface area (Å²) in [4.78, 5) is 2.32. The van der Waals surface area contributed by atoms with Crippen LogP contribution in [0.15, 0.2) is 73.8 Å². The van der Waals surface area contributed by atoms with Gasteiger partial charge in [-0.1, -0.05) is 78.9 Å². The number of aryl methyl sites for hydroxylation is 1. The number of halogens is 1. The van der Waals surface area contributed by atoms with Crippen LogP contribution in [0.4, 0.5) is 0 Å². The highest BCUT2D eigenvalue weighted by molar-refractivity contribution is 6.30. The molecule has 0 saturated carbocycles. The SMILES string of the molecule is C=CC=C.CN1CCc2ccc(Cl)cc2C1.Cc1ccccc1. The van der Waals surface area contributed by atoms with Gasteiger partial charge in [-0.2, -0.15) is 0 Å². The van der Waals surface area contributed by atoms with Crippen LogP contribution in [0.5, 0.6) is 0 Å². The Morgan fingerprint density at radius 1 is 1.00 bits per heavy atom. The third-order valence-corrected chi connectivity index (χ3v) is 3.71. The van der Waals surface area contributed by atoms with E-state index in [-0.39, 0.29) is 0 Å². The minimum Gasteiger partial charge on any atom is -0.302 e. The molecule has 122 valence electrons. The number of fused-ring (bicyclic) bond motifs is 1. The Hall–Kier alpha value is -1.83. The smallest absolute Gasteiger partial charge is 0.0409 e. The molecule has 2 aromatic rings. The van der Waals surface area contributed by atoms with Crippen molar-refractivity contribution in [2.45, 2.75) is 19.9 Å². The molecule has 0 spiro atoms. The lowest BCUT2D eigenvalue weighted by molar-refractivity contribution is 0.313. The second-order valence-electron chi connectivity index (χ2n) is 5.53. The van der Waals surface area contributed by atoms with Gasteiger partial charge in [-0.05, 0) is 43.7 Å². The number of likely N-dealkylation sites (N-methyl/N-ethyl adjacent to an activating group) is 1. The van der Waals surface area contributed by atoms with Crippen molar-refractivity contribution in [1.29, 1.82) is 0 Å². The van der Waals surface area contributed by atoms with E-state index in [1.54, 1.807) is 12.2 Å². The van der Waals surface area contributed by atoms with Crippen LogP contribution in [0.25, 0.3) is 0 Å². The number of rotatable bonds is 1. The van der Waals surface area contributed by atoms with Gasteiger partial charge in [0.2, 0.25) is 0 Å². The molecule has 0 unspecified atom stereocenters. The number of allylic oxidation sites excluding steroid dienone is 2. The maximum atomic E-state index is 5.91. The minimum atomic E-state index is 0.851. The van der Waals surface area contributed by atoms with Gasteiger partial charge in [0.1, 0.15) is 0 Å². The van der Waals surface area contributed by atoms with E-state index in [1.165, 1.54) is 16.7 Å². The average Bonchev–Trinajstić information content (AvgIpc) is 2.56. The van der Waals surface area contributed by atoms with E-state index in [1.807, 2.05) is 24.3 Å². The summed E-state index contributed by atoms with van der Waals surface area (Å²) in [7, 11) is 2.14.